The predicted octanol–water partition coefficient (Wildman–Crippen LogP) is 0.240. The molecule has 1 heterocycles. The Labute approximate surface area is 91.7 Å². The fraction of sp³-hybridized carbons (Fsp3) is 0.909. The molecule has 2 unspecified atom stereocenters. The van der Waals surface area contributed by atoms with Gasteiger partial charge in [0.05, 0.1) is 6.07 Å². The number of nitriles is 1. The Balaban J connectivity index is 2.58. The Hall–Kier alpha value is -0.630. The zero-order valence-corrected chi connectivity index (χ0v) is 9.42. The fourth-order valence-electron chi connectivity index (χ4n) is 2.24. The van der Waals surface area contributed by atoms with Gasteiger partial charge in [0.15, 0.2) is 0 Å². The molecular weight excluding hydrogens is 190 g/mol. The van der Waals surface area contributed by atoms with E-state index in [2.05, 4.69) is 23.6 Å². The van der Waals surface area contributed by atoms with Gasteiger partial charge in [-0.1, -0.05) is 6.92 Å². The lowest BCUT2D eigenvalue weighted by molar-refractivity contribution is 0.198. The monoisotopic (exact) mass is 211 g/mol. The van der Waals surface area contributed by atoms with E-state index in [0.29, 0.717) is 12.3 Å². The maximum absolute atomic E-state index is 9.34. The van der Waals surface area contributed by atoms with Crippen molar-refractivity contribution in [2.75, 3.05) is 26.2 Å². The number of aliphatic hydroxyl groups is 1. The molecule has 0 aromatic rings. The first-order valence-electron chi connectivity index (χ1n) is 5.77. The van der Waals surface area contributed by atoms with Crippen LogP contribution in [0.4, 0.5) is 0 Å². The van der Waals surface area contributed by atoms with E-state index >= 15 is 0 Å². The van der Waals surface area contributed by atoms with Gasteiger partial charge >= 0.3 is 0 Å². The standard InChI is InChI=1S/C11H21N3O/c1-2-10-8-13-6-4-11(10,9-12)14-5-3-7-15/h10,13-15H,2-8H2,1H3. The second kappa shape index (κ2) is 6.06. The van der Waals surface area contributed by atoms with Gasteiger partial charge in [0.2, 0.25) is 0 Å². The lowest BCUT2D eigenvalue weighted by atomic mass is 9.78. The smallest absolute Gasteiger partial charge is 0.112 e. The van der Waals surface area contributed by atoms with Gasteiger partial charge in [0, 0.05) is 19.1 Å². The molecule has 0 amide bonds. The van der Waals surface area contributed by atoms with E-state index in [4.69, 9.17) is 5.11 Å². The van der Waals surface area contributed by atoms with Crippen molar-refractivity contribution in [1.29, 1.82) is 5.26 Å². The molecule has 0 aromatic heterocycles. The Morgan fingerprint density at radius 2 is 2.47 bits per heavy atom. The van der Waals surface area contributed by atoms with Crippen molar-refractivity contribution >= 4 is 0 Å². The first-order chi connectivity index (χ1) is 7.29. The number of hydrogen-bond donors (Lipinski definition) is 3. The van der Waals surface area contributed by atoms with Gasteiger partial charge in [-0.2, -0.15) is 5.26 Å². The van der Waals surface area contributed by atoms with Gasteiger partial charge in [-0.25, -0.2) is 0 Å². The molecule has 2 atom stereocenters. The molecule has 1 aliphatic rings. The van der Waals surface area contributed by atoms with E-state index in [-0.39, 0.29) is 12.1 Å². The Morgan fingerprint density at radius 1 is 1.67 bits per heavy atom. The van der Waals surface area contributed by atoms with Crippen LogP contribution in [0.25, 0.3) is 0 Å². The average Bonchev–Trinajstić information content (AvgIpc) is 2.30. The number of nitrogens with one attached hydrogen (secondary N) is 2. The minimum absolute atomic E-state index is 0.184. The van der Waals surface area contributed by atoms with Crippen molar-refractivity contribution < 1.29 is 5.11 Å². The molecule has 0 saturated carbocycles. The van der Waals surface area contributed by atoms with Gasteiger partial charge < -0.3 is 10.4 Å². The van der Waals surface area contributed by atoms with Crippen LogP contribution in [0.1, 0.15) is 26.2 Å². The molecule has 0 aliphatic carbocycles. The summed E-state index contributed by atoms with van der Waals surface area (Å²) in [6, 6.07) is 2.44. The molecule has 0 spiro atoms. The van der Waals surface area contributed by atoms with Crippen LogP contribution in [0.3, 0.4) is 0 Å². The summed E-state index contributed by atoms with van der Waals surface area (Å²) in [6.45, 7) is 4.84. The van der Waals surface area contributed by atoms with Crippen molar-refractivity contribution in [3.05, 3.63) is 0 Å². The van der Waals surface area contributed by atoms with Crippen molar-refractivity contribution in [2.24, 2.45) is 5.92 Å². The van der Waals surface area contributed by atoms with E-state index in [9.17, 15) is 5.26 Å². The van der Waals surface area contributed by atoms with E-state index in [1.165, 1.54) is 0 Å². The molecule has 86 valence electrons. The maximum atomic E-state index is 9.34. The van der Waals surface area contributed by atoms with E-state index in [1.807, 2.05) is 0 Å². The van der Waals surface area contributed by atoms with Gasteiger partial charge in [0.25, 0.3) is 0 Å². The summed E-state index contributed by atoms with van der Waals surface area (Å²) < 4.78 is 0. The van der Waals surface area contributed by atoms with E-state index < -0.39 is 0 Å². The third-order valence-electron chi connectivity index (χ3n) is 3.25. The summed E-state index contributed by atoms with van der Waals surface area (Å²) in [7, 11) is 0. The largest absolute Gasteiger partial charge is 0.396 e. The maximum Gasteiger partial charge on any atom is 0.112 e. The highest BCUT2D eigenvalue weighted by atomic mass is 16.3. The first kappa shape index (κ1) is 12.4. The van der Waals surface area contributed by atoms with Crippen molar-refractivity contribution in [3.63, 3.8) is 0 Å². The number of nitrogens with zero attached hydrogens (tertiary/aromatic N) is 1. The summed E-state index contributed by atoms with van der Waals surface area (Å²) in [4.78, 5) is 0. The van der Waals surface area contributed by atoms with Crippen LogP contribution in [-0.2, 0) is 0 Å². The van der Waals surface area contributed by atoms with E-state index in [1.54, 1.807) is 0 Å². The molecule has 1 rings (SSSR count). The van der Waals surface area contributed by atoms with Crippen molar-refractivity contribution in [3.8, 4) is 6.07 Å². The van der Waals surface area contributed by atoms with Crippen LogP contribution in [0.15, 0.2) is 0 Å². The lowest BCUT2D eigenvalue weighted by Crippen LogP contribution is -2.58. The first-order valence-corrected chi connectivity index (χ1v) is 5.77. The second-order valence-corrected chi connectivity index (χ2v) is 4.15. The quantitative estimate of drug-likeness (QED) is 0.570. The third-order valence-corrected chi connectivity index (χ3v) is 3.25. The zero-order chi connectivity index (χ0) is 11.1. The van der Waals surface area contributed by atoms with Gasteiger partial charge in [-0.15, -0.1) is 0 Å². The second-order valence-electron chi connectivity index (χ2n) is 4.15. The molecule has 1 fully saturated rings. The van der Waals surface area contributed by atoms with Gasteiger partial charge in [0.1, 0.15) is 5.54 Å². The van der Waals surface area contributed by atoms with Crippen molar-refractivity contribution in [1.82, 2.24) is 10.6 Å². The summed E-state index contributed by atoms with van der Waals surface area (Å²) in [6.07, 6.45) is 2.58. The van der Waals surface area contributed by atoms with Gasteiger partial charge in [-0.3, -0.25) is 5.32 Å². The van der Waals surface area contributed by atoms with Crippen LogP contribution in [-0.4, -0.2) is 36.9 Å². The number of piperidine rings is 1. The molecule has 0 radical (unpaired) electrons. The summed E-state index contributed by atoms with van der Waals surface area (Å²) in [5, 5.41) is 24.7. The van der Waals surface area contributed by atoms with E-state index in [0.717, 1.165) is 32.5 Å². The molecule has 1 saturated heterocycles. The molecule has 1 aliphatic heterocycles. The molecule has 0 aromatic carbocycles. The molecule has 3 N–H and O–H groups in total. The van der Waals surface area contributed by atoms with Crippen LogP contribution in [0.2, 0.25) is 0 Å². The average molecular weight is 211 g/mol. The minimum Gasteiger partial charge on any atom is -0.396 e. The number of rotatable bonds is 5. The highest BCUT2D eigenvalue weighted by Crippen LogP contribution is 2.26. The van der Waals surface area contributed by atoms with Crippen LogP contribution >= 0.6 is 0 Å². The summed E-state index contributed by atoms with van der Waals surface area (Å²) >= 11 is 0. The topological polar surface area (TPSA) is 68.1 Å². The lowest BCUT2D eigenvalue weighted by Gasteiger charge is -2.39. The predicted molar refractivity (Wildman–Crippen MR) is 59.3 cm³/mol. The zero-order valence-electron chi connectivity index (χ0n) is 9.42. The highest BCUT2D eigenvalue weighted by Gasteiger charge is 2.39. The number of hydrogen-bond acceptors (Lipinski definition) is 4. The highest BCUT2D eigenvalue weighted by molar-refractivity contribution is 5.13. The molecule has 4 heteroatoms. The Bertz CT molecular complexity index is 226. The van der Waals surface area contributed by atoms with Gasteiger partial charge in [-0.05, 0) is 32.4 Å². The summed E-state index contributed by atoms with van der Waals surface area (Å²) in [5.74, 6) is 0.370. The molecule has 15 heavy (non-hydrogen) atoms. The third kappa shape index (κ3) is 2.91. The Kier molecular flexibility index (Phi) is 5.03. The summed E-state index contributed by atoms with van der Waals surface area (Å²) in [5.41, 5.74) is -0.380. The molecule has 4 nitrogen and oxygen atoms in total. The fourth-order valence-corrected chi connectivity index (χ4v) is 2.24. The molecule has 0 bridgehead atoms. The normalized spacial score (nSPS) is 31.1. The van der Waals surface area contributed by atoms with Crippen molar-refractivity contribution in [2.45, 2.75) is 31.7 Å². The van der Waals surface area contributed by atoms with Crippen LogP contribution in [0.5, 0.6) is 0 Å². The van der Waals surface area contributed by atoms with Crippen LogP contribution < -0.4 is 10.6 Å². The minimum atomic E-state index is -0.380. The molecular formula is C11H21N3O. The Morgan fingerprint density at radius 3 is 3.07 bits per heavy atom. The van der Waals surface area contributed by atoms with Crippen LogP contribution in [0, 0.1) is 17.2 Å². The number of aliphatic hydroxyl groups excluding tert-OH is 1. The SMILES string of the molecule is CCC1CNCCC1(C#N)NCCCO.